The van der Waals surface area contributed by atoms with Crippen molar-refractivity contribution >= 4 is 5.78 Å². The van der Waals surface area contributed by atoms with Gasteiger partial charge >= 0.3 is 0 Å². The molecule has 32 heavy (non-hydrogen) atoms. The summed E-state index contributed by atoms with van der Waals surface area (Å²) in [5, 5.41) is 0. The van der Waals surface area contributed by atoms with Crippen LogP contribution < -0.4 is 0 Å². The van der Waals surface area contributed by atoms with Gasteiger partial charge in [-0.15, -0.1) is 0 Å². The first kappa shape index (κ1) is 22.4. The monoisotopic (exact) mass is 430 g/mol. The Bertz CT molecular complexity index is 1030. The summed E-state index contributed by atoms with van der Waals surface area (Å²) in [6.45, 7) is 8.84. The molecule has 0 unspecified atom stereocenters. The van der Waals surface area contributed by atoms with Gasteiger partial charge in [0.25, 0.3) is 0 Å². The predicted molar refractivity (Wildman–Crippen MR) is 127 cm³/mol. The van der Waals surface area contributed by atoms with E-state index in [1.54, 1.807) is 6.92 Å². The molecular formula is C28H31FN2O. The summed E-state index contributed by atoms with van der Waals surface area (Å²) in [6.07, 6.45) is 0. The Hall–Kier alpha value is -2.82. The van der Waals surface area contributed by atoms with E-state index in [1.807, 2.05) is 30.3 Å². The molecule has 1 saturated heterocycles. The summed E-state index contributed by atoms with van der Waals surface area (Å²) in [5.41, 5.74) is 4.34. The summed E-state index contributed by atoms with van der Waals surface area (Å²) < 4.78 is 13.3. The zero-order valence-corrected chi connectivity index (χ0v) is 19.0. The van der Waals surface area contributed by atoms with Crippen LogP contribution in [0.5, 0.6) is 0 Å². The van der Waals surface area contributed by atoms with Gasteiger partial charge in [0.05, 0.1) is 6.04 Å². The predicted octanol–water partition coefficient (Wildman–Crippen LogP) is 5.71. The van der Waals surface area contributed by atoms with Crippen LogP contribution in [0.4, 0.5) is 4.39 Å². The Balaban J connectivity index is 1.59. The molecule has 0 aliphatic carbocycles. The highest BCUT2D eigenvalue weighted by Gasteiger charge is 2.34. The smallest absolute Gasteiger partial charge is 0.159 e. The van der Waals surface area contributed by atoms with Crippen molar-refractivity contribution in [2.75, 3.05) is 13.1 Å². The van der Waals surface area contributed by atoms with Crippen LogP contribution in [0.15, 0.2) is 78.9 Å². The zero-order chi connectivity index (χ0) is 22.7. The van der Waals surface area contributed by atoms with Crippen LogP contribution in [0, 0.1) is 5.82 Å². The molecule has 0 saturated carbocycles. The molecule has 1 aliphatic rings. The van der Waals surface area contributed by atoms with Crippen LogP contribution in [0.1, 0.15) is 53.9 Å². The molecule has 3 atom stereocenters. The van der Waals surface area contributed by atoms with Crippen molar-refractivity contribution in [2.45, 2.75) is 45.4 Å². The number of benzene rings is 3. The lowest BCUT2D eigenvalue weighted by molar-refractivity contribution is 0.0195. The van der Waals surface area contributed by atoms with E-state index < -0.39 is 0 Å². The molecule has 4 heteroatoms. The SMILES string of the molecule is CC(=O)c1ccc([C@H](c2ccccc2)N2C[C@@H](C)N(Cc3ccc(F)cc3)C[C@@H]2C)cc1. The Morgan fingerprint density at radius 1 is 0.875 bits per heavy atom. The van der Waals surface area contributed by atoms with Gasteiger partial charge in [-0.25, -0.2) is 4.39 Å². The van der Waals surface area contributed by atoms with Crippen molar-refractivity contribution in [3.05, 3.63) is 107 Å². The van der Waals surface area contributed by atoms with Crippen molar-refractivity contribution in [1.29, 1.82) is 0 Å². The number of hydrogen-bond donors (Lipinski definition) is 0. The molecule has 0 aromatic heterocycles. The minimum absolute atomic E-state index is 0.0872. The van der Waals surface area contributed by atoms with Crippen LogP contribution in [0.25, 0.3) is 0 Å². The molecule has 0 N–H and O–H groups in total. The van der Waals surface area contributed by atoms with E-state index in [9.17, 15) is 9.18 Å². The molecule has 1 aliphatic heterocycles. The van der Waals surface area contributed by atoms with Crippen molar-refractivity contribution in [1.82, 2.24) is 9.80 Å². The van der Waals surface area contributed by atoms with Gasteiger partial charge in [-0.3, -0.25) is 14.6 Å². The van der Waals surface area contributed by atoms with Gasteiger partial charge in [-0.1, -0.05) is 66.7 Å². The van der Waals surface area contributed by atoms with Gasteiger partial charge in [0, 0.05) is 37.3 Å². The lowest BCUT2D eigenvalue weighted by atomic mass is 9.92. The Labute approximate surface area is 190 Å². The number of carbonyl (C=O) groups excluding carboxylic acids is 1. The fraction of sp³-hybridized carbons (Fsp3) is 0.321. The van der Waals surface area contributed by atoms with E-state index in [1.165, 1.54) is 23.3 Å². The lowest BCUT2D eigenvalue weighted by Crippen LogP contribution is -2.56. The molecular weight excluding hydrogens is 399 g/mol. The van der Waals surface area contributed by atoms with Crippen LogP contribution in [0.2, 0.25) is 0 Å². The second-order valence-corrected chi connectivity index (χ2v) is 8.94. The average molecular weight is 431 g/mol. The molecule has 0 spiro atoms. The normalized spacial score (nSPS) is 20.8. The second kappa shape index (κ2) is 9.76. The maximum absolute atomic E-state index is 13.3. The van der Waals surface area contributed by atoms with E-state index in [2.05, 4.69) is 60.0 Å². The molecule has 1 heterocycles. The average Bonchev–Trinajstić information content (AvgIpc) is 2.80. The maximum Gasteiger partial charge on any atom is 0.159 e. The molecule has 1 fully saturated rings. The van der Waals surface area contributed by atoms with Gasteiger partial charge in [-0.05, 0) is 49.6 Å². The van der Waals surface area contributed by atoms with Gasteiger partial charge in [0.1, 0.15) is 5.82 Å². The summed E-state index contributed by atoms with van der Waals surface area (Å²) in [5.74, 6) is -0.106. The first-order valence-electron chi connectivity index (χ1n) is 11.3. The summed E-state index contributed by atoms with van der Waals surface area (Å²) >= 11 is 0. The fourth-order valence-corrected chi connectivity index (χ4v) is 4.74. The number of Topliss-reactive ketones (excluding diaryl/α,β-unsaturated/α-hetero) is 1. The summed E-state index contributed by atoms with van der Waals surface area (Å²) in [4.78, 5) is 16.8. The summed E-state index contributed by atoms with van der Waals surface area (Å²) in [6, 6.07) is 26.3. The number of ketones is 1. The molecule has 0 amide bonds. The largest absolute Gasteiger partial charge is 0.295 e. The third-order valence-electron chi connectivity index (χ3n) is 6.54. The van der Waals surface area contributed by atoms with Gasteiger partial charge < -0.3 is 0 Å². The topological polar surface area (TPSA) is 23.6 Å². The third-order valence-corrected chi connectivity index (χ3v) is 6.54. The van der Waals surface area contributed by atoms with Crippen molar-refractivity contribution in [2.24, 2.45) is 0 Å². The molecule has 0 radical (unpaired) electrons. The van der Waals surface area contributed by atoms with Gasteiger partial charge in [-0.2, -0.15) is 0 Å². The lowest BCUT2D eigenvalue weighted by Gasteiger charge is -2.47. The van der Waals surface area contributed by atoms with E-state index >= 15 is 0 Å². The van der Waals surface area contributed by atoms with Crippen LogP contribution in [0.3, 0.4) is 0 Å². The van der Waals surface area contributed by atoms with E-state index in [-0.39, 0.29) is 17.6 Å². The van der Waals surface area contributed by atoms with Crippen molar-refractivity contribution < 1.29 is 9.18 Å². The number of rotatable bonds is 6. The molecule has 3 aromatic carbocycles. The minimum Gasteiger partial charge on any atom is -0.295 e. The number of nitrogens with zero attached hydrogens (tertiary/aromatic N) is 2. The first-order valence-corrected chi connectivity index (χ1v) is 11.3. The number of piperazine rings is 1. The van der Waals surface area contributed by atoms with Crippen LogP contribution >= 0.6 is 0 Å². The number of halogens is 1. The van der Waals surface area contributed by atoms with Crippen molar-refractivity contribution in [3.63, 3.8) is 0 Å². The highest BCUT2D eigenvalue weighted by atomic mass is 19.1. The second-order valence-electron chi connectivity index (χ2n) is 8.94. The fourth-order valence-electron chi connectivity index (χ4n) is 4.74. The standard InChI is InChI=1S/C28H31FN2O/c1-20-18-31(21(2)17-30(20)19-23-9-15-27(29)16-10-23)28(25-7-5-4-6-8-25)26-13-11-24(12-14-26)22(3)32/h4-16,20-21,28H,17-19H2,1-3H3/t20-,21+,28+/m1/s1. The third kappa shape index (κ3) is 4.98. The van der Waals surface area contributed by atoms with Crippen LogP contribution in [-0.2, 0) is 6.54 Å². The molecule has 0 bridgehead atoms. The van der Waals surface area contributed by atoms with Crippen molar-refractivity contribution in [3.8, 4) is 0 Å². The zero-order valence-electron chi connectivity index (χ0n) is 19.0. The minimum atomic E-state index is -0.193. The molecule has 3 aromatic rings. The van der Waals surface area contributed by atoms with Gasteiger partial charge in [0.2, 0.25) is 0 Å². The van der Waals surface area contributed by atoms with Crippen LogP contribution in [-0.4, -0.2) is 40.8 Å². The first-order chi connectivity index (χ1) is 15.4. The van der Waals surface area contributed by atoms with Gasteiger partial charge in [0.15, 0.2) is 5.78 Å². The molecule has 166 valence electrons. The highest BCUT2D eigenvalue weighted by Crippen LogP contribution is 2.33. The maximum atomic E-state index is 13.3. The number of hydrogen-bond acceptors (Lipinski definition) is 3. The molecule has 4 rings (SSSR count). The number of carbonyl (C=O) groups is 1. The molecule has 3 nitrogen and oxygen atoms in total. The summed E-state index contributed by atoms with van der Waals surface area (Å²) in [7, 11) is 0. The highest BCUT2D eigenvalue weighted by molar-refractivity contribution is 5.94. The Morgan fingerprint density at radius 3 is 2.12 bits per heavy atom. The quantitative estimate of drug-likeness (QED) is 0.468. The Morgan fingerprint density at radius 2 is 1.50 bits per heavy atom. The van der Waals surface area contributed by atoms with E-state index in [4.69, 9.17) is 0 Å². The van der Waals surface area contributed by atoms with E-state index in [0.29, 0.717) is 12.1 Å². The Kier molecular flexibility index (Phi) is 6.83. The van der Waals surface area contributed by atoms with E-state index in [0.717, 1.165) is 30.8 Å².